The number of rotatable bonds is 8. The lowest BCUT2D eigenvalue weighted by atomic mass is 10.1. The lowest BCUT2D eigenvalue weighted by Crippen LogP contribution is -2.41. The van der Waals surface area contributed by atoms with Gasteiger partial charge in [-0.1, -0.05) is 26.7 Å². The van der Waals surface area contributed by atoms with Crippen LogP contribution in [0.5, 0.6) is 0 Å². The summed E-state index contributed by atoms with van der Waals surface area (Å²) < 4.78 is 37.1. The molecule has 1 heterocycles. The van der Waals surface area contributed by atoms with E-state index in [1.807, 2.05) is 0 Å². The Bertz CT molecular complexity index is 362. The molecular weight excluding hydrogens is 432 g/mol. The topological polar surface area (TPSA) is 39.7 Å². The van der Waals surface area contributed by atoms with E-state index in [9.17, 15) is 13.2 Å². The van der Waals surface area contributed by atoms with E-state index in [2.05, 4.69) is 29.5 Å². The number of nitrogens with one attached hydrogen (secondary N) is 2. The first kappa shape index (κ1) is 23.8. The third kappa shape index (κ3) is 11.3. The first-order valence-electron chi connectivity index (χ1n) is 8.53. The molecule has 0 aromatic carbocycles. The van der Waals surface area contributed by atoms with Crippen LogP contribution in [0.1, 0.15) is 39.5 Å². The van der Waals surface area contributed by atoms with Gasteiger partial charge in [0.1, 0.15) is 0 Å². The zero-order valence-corrected chi connectivity index (χ0v) is 17.3. The van der Waals surface area contributed by atoms with Gasteiger partial charge < -0.3 is 10.6 Å². The van der Waals surface area contributed by atoms with Gasteiger partial charge in [-0.3, -0.25) is 9.89 Å². The second-order valence-electron chi connectivity index (χ2n) is 6.77. The minimum Gasteiger partial charge on any atom is -0.356 e. The van der Waals surface area contributed by atoms with Gasteiger partial charge in [-0.05, 0) is 31.2 Å². The maximum absolute atomic E-state index is 12.4. The normalized spacial score (nSPS) is 19.5. The van der Waals surface area contributed by atoms with E-state index < -0.39 is 12.7 Å². The standard InChI is InChI=1S/C16H31F3N4.HI/c1-13(2)6-4-5-8-21-15(20-3)22-10-14-7-9-23(11-14)12-16(17,18)19;/h13-14H,4-12H2,1-3H3,(H2,20,21,22);1H. The summed E-state index contributed by atoms with van der Waals surface area (Å²) in [4.78, 5) is 5.64. The summed E-state index contributed by atoms with van der Waals surface area (Å²) >= 11 is 0. The molecule has 0 aromatic rings. The van der Waals surface area contributed by atoms with E-state index in [0.29, 0.717) is 19.6 Å². The number of nitrogens with zero attached hydrogens (tertiary/aromatic N) is 2. The van der Waals surface area contributed by atoms with Crippen LogP contribution in [0.25, 0.3) is 0 Å². The number of alkyl halides is 3. The monoisotopic (exact) mass is 464 g/mol. The Hall–Kier alpha value is -0.250. The molecule has 8 heteroatoms. The van der Waals surface area contributed by atoms with Crippen molar-refractivity contribution in [2.24, 2.45) is 16.8 Å². The molecule has 0 amide bonds. The van der Waals surface area contributed by atoms with Crippen LogP contribution in [-0.2, 0) is 0 Å². The molecular formula is C16H32F3IN4. The first-order valence-corrected chi connectivity index (χ1v) is 8.53. The summed E-state index contributed by atoms with van der Waals surface area (Å²) in [6.07, 6.45) is 0.216. The fourth-order valence-electron chi connectivity index (χ4n) is 2.82. The number of hydrogen-bond donors (Lipinski definition) is 2. The third-order valence-corrected chi connectivity index (χ3v) is 4.06. The second-order valence-corrected chi connectivity index (χ2v) is 6.77. The van der Waals surface area contributed by atoms with Gasteiger partial charge in [-0.2, -0.15) is 13.2 Å². The lowest BCUT2D eigenvalue weighted by Gasteiger charge is -2.18. The predicted octanol–water partition coefficient (Wildman–Crippen LogP) is 3.48. The Balaban J connectivity index is 0.00000529. The van der Waals surface area contributed by atoms with Crippen molar-refractivity contribution >= 4 is 29.9 Å². The van der Waals surface area contributed by atoms with Gasteiger partial charge in [-0.25, -0.2) is 0 Å². The molecule has 1 aliphatic heterocycles. The van der Waals surface area contributed by atoms with E-state index in [1.165, 1.54) is 17.7 Å². The molecule has 24 heavy (non-hydrogen) atoms. The molecule has 4 nitrogen and oxygen atoms in total. The molecule has 0 bridgehead atoms. The number of halogens is 4. The number of likely N-dealkylation sites (tertiary alicyclic amines) is 1. The van der Waals surface area contributed by atoms with E-state index in [-0.39, 0.29) is 29.9 Å². The van der Waals surface area contributed by atoms with E-state index in [0.717, 1.165) is 31.3 Å². The summed E-state index contributed by atoms with van der Waals surface area (Å²) in [6, 6.07) is 0. The van der Waals surface area contributed by atoms with Crippen LogP contribution in [0.4, 0.5) is 13.2 Å². The predicted molar refractivity (Wildman–Crippen MR) is 104 cm³/mol. The maximum atomic E-state index is 12.4. The Labute approximate surface area is 161 Å². The summed E-state index contributed by atoms with van der Waals surface area (Å²) in [6.45, 7) is 6.20. The Morgan fingerprint density at radius 2 is 1.96 bits per heavy atom. The second kappa shape index (κ2) is 12.2. The van der Waals surface area contributed by atoms with Crippen LogP contribution in [0.2, 0.25) is 0 Å². The van der Waals surface area contributed by atoms with Gasteiger partial charge in [0, 0.05) is 26.7 Å². The molecule has 0 aliphatic carbocycles. The van der Waals surface area contributed by atoms with E-state index in [4.69, 9.17) is 0 Å². The van der Waals surface area contributed by atoms with Crippen molar-refractivity contribution in [3.8, 4) is 0 Å². The zero-order chi connectivity index (χ0) is 17.3. The van der Waals surface area contributed by atoms with Crippen molar-refractivity contribution in [2.75, 3.05) is 39.8 Å². The average Bonchev–Trinajstić information content (AvgIpc) is 2.86. The molecule has 0 radical (unpaired) electrons. The van der Waals surface area contributed by atoms with Crippen molar-refractivity contribution in [3.63, 3.8) is 0 Å². The summed E-state index contributed by atoms with van der Waals surface area (Å²) in [5.41, 5.74) is 0. The highest BCUT2D eigenvalue weighted by Crippen LogP contribution is 2.22. The van der Waals surface area contributed by atoms with Crippen molar-refractivity contribution in [3.05, 3.63) is 0 Å². The number of guanidine groups is 1. The number of aliphatic imine (C=N–C) groups is 1. The Morgan fingerprint density at radius 3 is 2.54 bits per heavy atom. The molecule has 1 atom stereocenters. The zero-order valence-electron chi connectivity index (χ0n) is 15.0. The summed E-state index contributed by atoms with van der Waals surface area (Å²) in [5.74, 6) is 1.72. The Kier molecular flexibility index (Phi) is 12.0. The van der Waals surface area contributed by atoms with Crippen LogP contribution in [0.3, 0.4) is 0 Å². The SMILES string of the molecule is CN=C(NCCCCC(C)C)NCC1CCN(CC(F)(F)F)C1.I. The smallest absolute Gasteiger partial charge is 0.356 e. The van der Waals surface area contributed by atoms with Crippen molar-refractivity contribution in [1.29, 1.82) is 0 Å². The minimum atomic E-state index is -4.10. The maximum Gasteiger partial charge on any atom is 0.401 e. The van der Waals surface area contributed by atoms with Crippen LogP contribution in [-0.4, -0.2) is 56.8 Å². The molecule has 1 unspecified atom stereocenters. The molecule has 2 N–H and O–H groups in total. The molecule has 0 saturated carbocycles. The van der Waals surface area contributed by atoms with Gasteiger partial charge in [0.2, 0.25) is 0 Å². The van der Waals surface area contributed by atoms with Crippen LogP contribution in [0.15, 0.2) is 4.99 Å². The van der Waals surface area contributed by atoms with Gasteiger partial charge in [0.05, 0.1) is 6.54 Å². The van der Waals surface area contributed by atoms with Crippen molar-refractivity contribution < 1.29 is 13.2 Å². The Morgan fingerprint density at radius 1 is 1.25 bits per heavy atom. The highest BCUT2D eigenvalue weighted by molar-refractivity contribution is 14.0. The highest BCUT2D eigenvalue weighted by Gasteiger charge is 2.34. The van der Waals surface area contributed by atoms with E-state index in [1.54, 1.807) is 7.05 Å². The summed E-state index contributed by atoms with van der Waals surface area (Å²) in [7, 11) is 1.72. The molecule has 0 aromatic heterocycles. The quantitative estimate of drug-likeness (QED) is 0.250. The molecule has 1 aliphatic rings. The molecule has 1 fully saturated rings. The van der Waals surface area contributed by atoms with Crippen LogP contribution >= 0.6 is 24.0 Å². The first-order chi connectivity index (χ1) is 10.8. The third-order valence-electron chi connectivity index (χ3n) is 4.06. The van der Waals surface area contributed by atoms with Crippen molar-refractivity contribution in [2.45, 2.75) is 45.7 Å². The van der Waals surface area contributed by atoms with Crippen LogP contribution < -0.4 is 10.6 Å². The van der Waals surface area contributed by atoms with Gasteiger partial charge in [0.15, 0.2) is 5.96 Å². The molecule has 1 rings (SSSR count). The van der Waals surface area contributed by atoms with Gasteiger partial charge >= 0.3 is 6.18 Å². The fourth-order valence-corrected chi connectivity index (χ4v) is 2.82. The highest BCUT2D eigenvalue weighted by atomic mass is 127. The van der Waals surface area contributed by atoms with E-state index >= 15 is 0 Å². The van der Waals surface area contributed by atoms with Crippen LogP contribution in [0, 0.1) is 11.8 Å². The largest absolute Gasteiger partial charge is 0.401 e. The number of unbranched alkanes of at least 4 members (excludes halogenated alkanes) is 1. The average molecular weight is 464 g/mol. The minimum absolute atomic E-state index is 0. The molecule has 1 saturated heterocycles. The molecule has 144 valence electrons. The fraction of sp³-hybridized carbons (Fsp3) is 0.938. The van der Waals surface area contributed by atoms with Crippen molar-refractivity contribution in [1.82, 2.24) is 15.5 Å². The number of hydrogen-bond acceptors (Lipinski definition) is 2. The molecule has 0 spiro atoms. The van der Waals surface area contributed by atoms with Gasteiger partial charge in [0.25, 0.3) is 0 Å². The lowest BCUT2D eigenvalue weighted by molar-refractivity contribution is -0.143. The van der Waals surface area contributed by atoms with Gasteiger partial charge in [-0.15, -0.1) is 24.0 Å². The summed E-state index contributed by atoms with van der Waals surface area (Å²) in [5, 5.41) is 6.49.